The summed E-state index contributed by atoms with van der Waals surface area (Å²) in [5.41, 5.74) is 3.25. The first-order valence-electron chi connectivity index (χ1n) is 7.65. The molecule has 0 radical (unpaired) electrons. The zero-order valence-corrected chi connectivity index (χ0v) is 14.5. The first kappa shape index (κ1) is 15.3. The fraction of sp³-hybridized carbons (Fsp3) is 0.316. The maximum atomic E-state index is 12.4. The molecular weight excluding hydrogens is 338 g/mol. The molecule has 2 aromatic rings. The Morgan fingerprint density at radius 3 is 2.45 bits per heavy atom. The SMILES string of the molecule is Cc1cccc(C(=O)NC(C)C2(c3ccc(Br)cc3)CC2)c1. The van der Waals surface area contributed by atoms with Crippen LogP contribution in [0.25, 0.3) is 0 Å². The van der Waals surface area contributed by atoms with Crippen molar-refractivity contribution < 1.29 is 4.79 Å². The summed E-state index contributed by atoms with van der Waals surface area (Å²) in [6, 6.07) is 16.3. The third-order valence-corrected chi connectivity index (χ3v) is 5.19. The number of amides is 1. The highest BCUT2D eigenvalue weighted by Crippen LogP contribution is 2.51. The van der Waals surface area contributed by atoms with Crippen molar-refractivity contribution in [2.75, 3.05) is 0 Å². The Balaban J connectivity index is 1.75. The Morgan fingerprint density at radius 1 is 1.18 bits per heavy atom. The van der Waals surface area contributed by atoms with E-state index in [1.165, 1.54) is 5.56 Å². The summed E-state index contributed by atoms with van der Waals surface area (Å²) in [6.45, 7) is 4.12. The molecule has 3 rings (SSSR count). The van der Waals surface area contributed by atoms with Crippen LogP contribution >= 0.6 is 15.9 Å². The molecule has 0 bridgehead atoms. The molecule has 0 saturated heterocycles. The molecule has 0 aliphatic heterocycles. The highest BCUT2D eigenvalue weighted by Gasteiger charge is 2.49. The van der Waals surface area contributed by atoms with Crippen molar-refractivity contribution in [1.29, 1.82) is 0 Å². The number of carbonyl (C=O) groups excluding carboxylic acids is 1. The smallest absolute Gasteiger partial charge is 0.251 e. The Kier molecular flexibility index (Phi) is 4.09. The molecule has 3 heteroatoms. The molecule has 2 aromatic carbocycles. The van der Waals surface area contributed by atoms with E-state index < -0.39 is 0 Å². The summed E-state index contributed by atoms with van der Waals surface area (Å²) in [7, 11) is 0. The van der Waals surface area contributed by atoms with E-state index in [-0.39, 0.29) is 17.4 Å². The summed E-state index contributed by atoms with van der Waals surface area (Å²) < 4.78 is 1.09. The number of carbonyl (C=O) groups is 1. The maximum absolute atomic E-state index is 12.4. The molecule has 0 aromatic heterocycles. The molecule has 1 atom stereocenters. The van der Waals surface area contributed by atoms with Gasteiger partial charge < -0.3 is 5.32 Å². The van der Waals surface area contributed by atoms with Gasteiger partial charge in [0.1, 0.15) is 0 Å². The van der Waals surface area contributed by atoms with Crippen LogP contribution in [-0.4, -0.2) is 11.9 Å². The van der Waals surface area contributed by atoms with Crippen LogP contribution in [0.5, 0.6) is 0 Å². The molecule has 1 N–H and O–H groups in total. The predicted octanol–water partition coefficient (Wildman–Crippen LogP) is 4.61. The highest BCUT2D eigenvalue weighted by molar-refractivity contribution is 9.10. The third kappa shape index (κ3) is 2.95. The van der Waals surface area contributed by atoms with Crippen molar-refractivity contribution in [1.82, 2.24) is 5.32 Å². The number of benzene rings is 2. The molecule has 114 valence electrons. The van der Waals surface area contributed by atoms with Gasteiger partial charge >= 0.3 is 0 Å². The van der Waals surface area contributed by atoms with Crippen molar-refractivity contribution in [3.05, 3.63) is 69.7 Å². The average molecular weight is 358 g/mol. The Morgan fingerprint density at radius 2 is 1.86 bits per heavy atom. The lowest BCUT2D eigenvalue weighted by molar-refractivity contribution is 0.0932. The van der Waals surface area contributed by atoms with Crippen LogP contribution in [0.2, 0.25) is 0 Å². The molecule has 22 heavy (non-hydrogen) atoms. The van der Waals surface area contributed by atoms with Crippen LogP contribution in [0.4, 0.5) is 0 Å². The van der Waals surface area contributed by atoms with E-state index in [1.807, 2.05) is 31.2 Å². The Labute approximate surface area is 140 Å². The molecule has 0 heterocycles. The molecule has 1 amide bonds. The number of aryl methyl sites for hydroxylation is 1. The lowest BCUT2D eigenvalue weighted by atomic mass is 9.89. The lowest BCUT2D eigenvalue weighted by Crippen LogP contribution is -2.41. The summed E-state index contributed by atoms with van der Waals surface area (Å²) in [4.78, 5) is 12.4. The van der Waals surface area contributed by atoms with Gasteiger partial charge in [-0.05, 0) is 56.5 Å². The van der Waals surface area contributed by atoms with E-state index in [0.29, 0.717) is 0 Å². The fourth-order valence-electron chi connectivity index (χ4n) is 3.09. The van der Waals surface area contributed by atoms with Gasteiger partial charge in [0.25, 0.3) is 5.91 Å². The second kappa shape index (κ2) is 5.88. The van der Waals surface area contributed by atoms with Crippen LogP contribution in [0.1, 0.15) is 41.3 Å². The van der Waals surface area contributed by atoms with Crippen LogP contribution in [0.15, 0.2) is 53.0 Å². The first-order valence-corrected chi connectivity index (χ1v) is 8.44. The van der Waals surface area contributed by atoms with Gasteiger partial charge in [0.15, 0.2) is 0 Å². The summed E-state index contributed by atoms with van der Waals surface area (Å²) in [5, 5.41) is 3.19. The minimum absolute atomic E-state index is 0.0135. The van der Waals surface area contributed by atoms with Crippen LogP contribution in [-0.2, 0) is 5.41 Å². The standard InChI is InChI=1S/C19H20BrNO/c1-13-4-3-5-15(12-13)18(22)21-14(2)19(10-11-19)16-6-8-17(20)9-7-16/h3-9,12,14H,10-11H2,1-2H3,(H,21,22). The van der Waals surface area contributed by atoms with Crippen molar-refractivity contribution in [2.45, 2.75) is 38.1 Å². The van der Waals surface area contributed by atoms with Gasteiger partial charge in [-0.2, -0.15) is 0 Å². The topological polar surface area (TPSA) is 29.1 Å². The van der Waals surface area contributed by atoms with Crippen LogP contribution < -0.4 is 5.32 Å². The van der Waals surface area contributed by atoms with Gasteiger partial charge in [-0.15, -0.1) is 0 Å². The normalized spacial score (nSPS) is 16.9. The Hall–Kier alpha value is -1.61. The largest absolute Gasteiger partial charge is 0.349 e. The number of rotatable bonds is 4. The van der Waals surface area contributed by atoms with E-state index in [1.54, 1.807) is 0 Å². The molecule has 1 aliphatic rings. The van der Waals surface area contributed by atoms with Gasteiger partial charge in [-0.3, -0.25) is 4.79 Å². The van der Waals surface area contributed by atoms with Crippen LogP contribution in [0.3, 0.4) is 0 Å². The van der Waals surface area contributed by atoms with E-state index in [9.17, 15) is 4.79 Å². The molecule has 0 spiro atoms. The van der Waals surface area contributed by atoms with E-state index in [2.05, 4.69) is 52.4 Å². The maximum Gasteiger partial charge on any atom is 0.251 e. The minimum atomic E-state index is 0.0135. The van der Waals surface area contributed by atoms with E-state index in [0.717, 1.165) is 28.4 Å². The van der Waals surface area contributed by atoms with Gasteiger partial charge in [0.2, 0.25) is 0 Å². The summed E-state index contributed by atoms with van der Waals surface area (Å²) in [6.07, 6.45) is 2.26. The second-order valence-corrected chi connectivity index (χ2v) is 7.14. The van der Waals surface area contributed by atoms with Crippen molar-refractivity contribution in [3.8, 4) is 0 Å². The molecule has 1 aliphatic carbocycles. The number of halogens is 1. The monoisotopic (exact) mass is 357 g/mol. The van der Waals surface area contributed by atoms with Crippen molar-refractivity contribution >= 4 is 21.8 Å². The quantitative estimate of drug-likeness (QED) is 0.850. The van der Waals surface area contributed by atoms with Gasteiger partial charge in [-0.1, -0.05) is 45.8 Å². The predicted molar refractivity (Wildman–Crippen MR) is 93.2 cm³/mol. The molecule has 1 unspecified atom stereocenters. The van der Waals surface area contributed by atoms with Crippen molar-refractivity contribution in [2.24, 2.45) is 0 Å². The number of nitrogens with one attached hydrogen (secondary N) is 1. The number of hydrogen-bond donors (Lipinski definition) is 1. The van der Waals surface area contributed by atoms with Crippen LogP contribution in [0, 0.1) is 6.92 Å². The molecular formula is C19H20BrNO. The summed E-state index contributed by atoms with van der Waals surface area (Å²) >= 11 is 3.48. The van der Waals surface area contributed by atoms with E-state index in [4.69, 9.17) is 0 Å². The molecule has 2 nitrogen and oxygen atoms in total. The van der Waals surface area contributed by atoms with Gasteiger partial charge in [0, 0.05) is 21.5 Å². The summed E-state index contributed by atoms with van der Waals surface area (Å²) in [5.74, 6) is 0.0135. The van der Waals surface area contributed by atoms with Gasteiger partial charge in [-0.25, -0.2) is 0 Å². The zero-order valence-electron chi connectivity index (χ0n) is 12.9. The minimum Gasteiger partial charge on any atom is -0.349 e. The van der Waals surface area contributed by atoms with E-state index >= 15 is 0 Å². The molecule has 1 saturated carbocycles. The second-order valence-electron chi connectivity index (χ2n) is 6.23. The van der Waals surface area contributed by atoms with Gasteiger partial charge in [0.05, 0.1) is 0 Å². The zero-order chi connectivity index (χ0) is 15.7. The molecule has 1 fully saturated rings. The highest BCUT2D eigenvalue weighted by atomic mass is 79.9. The third-order valence-electron chi connectivity index (χ3n) is 4.66. The Bertz CT molecular complexity index is 689. The lowest BCUT2D eigenvalue weighted by Gasteiger charge is -2.25. The first-order chi connectivity index (χ1) is 10.5. The van der Waals surface area contributed by atoms with Crippen molar-refractivity contribution in [3.63, 3.8) is 0 Å². The average Bonchev–Trinajstić information content (AvgIpc) is 3.29. The fourth-order valence-corrected chi connectivity index (χ4v) is 3.36. The number of hydrogen-bond acceptors (Lipinski definition) is 1.